The topological polar surface area (TPSA) is 76.7 Å². The van der Waals surface area contributed by atoms with Gasteiger partial charge in [0.25, 0.3) is 11.8 Å². The highest BCUT2D eigenvalue weighted by molar-refractivity contribution is 5.99. The van der Waals surface area contributed by atoms with E-state index in [2.05, 4.69) is 10.9 Å². The van der Waals surface area contributed by atoms with Gasteiger partial charge in [-0.05, 0) is 40.6 Å². The summed E-state index contributed by atoms with van der Waals surface area (Å²) in [5, 5.41) is 2.13. The molecule has 3 aromatic rings. The van der Waals surface area contributed by atoms with Crippen molar-refractivity contribution in [2.45, 2.75) is 0 Å². The van der Waals surface area contributed by atoms with Crippen molar-refractivity contribution in [2.24, 2.45) is 0 Å². The summed E-state index contributed by atoms with van der Waals surface area (Å²) in [6.45, 7) is 0. The van der Waals surface area contributed by atoms with Crippen LogP contribution in [0.3, 0.4) is 0 Å². The molecule has 2 N–H and O–H groups in total. The summed E-state index contributed by atoms with van der Waals surface area (Å²) in [6, 6.07) is 18.5. The molecule has 6 heteroatoms. The van der Waals surface area contributed by atoms with Crippen molar-refractivity contribution in [3.63, 3.8) is 0 Å². The molecule has 0 aromatic heterocycles. The van der Waals surface area contributed by atoms with Crippen molar-refractivity contribution in [1.82, 2.24) is 10.9 Å². The number of carbonyl (C=O) groups is 2. The standard InChI is InChI=1S/C22H20N2O4/c1-27-19-12-10-17(14-20(19)28-2)22(26)24-23-21(25)13-11-16-8-5-7-15-6-3-4-9-18(15)16/h3-14H,1-2H3,(H,23,25)(H,24,26)/b13-11+. The maximum Gasteiger partial charge on any atom is 0.269 e. The number of benzene rings is 3. The Hall–Kier alpha value is -3.80. The normalized spacial score (nSPS) is 10.6. The van der Waals surface area contributed by atoms with Crippen molar-refractivity contribution in [2.75, 3.05) is 14.2 Å². The van der Waals surface area contributed by atoms with E-state index >= 15 is 0 Å². The lowest BCUT2D eigenvalue weighted by atomic mass is 10.0. The Labute approximate surface area is 162 Å². The fourth-order valence-corrected chi connectivity index (χ4v) is 2.77. The molecule has 0 fully saturated rings. The number of hydrazine groups is 1. The maximum atomic E-state index is 12.2. The molecule has 0 unspecified atom stereocenters. The Bertz CT molecular complexity index is 1040. The van der Waals surface area contributed by atoms with Gasteiger partial charge in [-0.3, -0.25) is 20.4 Å². The van der Waals surface area contributed by atoms with Crippen molar-refractivity contribution in [3.8, 4) is 11.5 Å². The second kappa shape index (κ2) is 8.73. The van der Waals surface area contributed by atoms with Crippen LogP contribution in [0.15, 0.2) is 66.7 Å². The van der Waals surface area contributed by atoms with E-state index < -0.39 is 11.8 Å². The van der Waals surface area contributed by atoms with E-state index in [1.807, 2.05) is 42.5 Å². The first-order valence-corrected chi connectivity index (χ1v) is 8.60. The van der Waals surface area contributed by atoms with Crippen LogP contribution in [0.2, 0.25) is 0 Å². The van der Waals surface area contributed by atoms with E-state index in [1.165, 1.54) is 26.4 Å². The van der Waals surface area contributed by atoms with Gasteiger partial charge in [-0.15, -0.1) is 0 Å². The minimum atomic E-state index is -0.465. The van der Waals surface area contributed by atoms with E-state index in [1.54, 1.807) is 18.2 Å². The fourth-order valence-electron chi connectivity index (χ4n) is 2.77. The number of hydrogen-bond donors (Lipinski definition) is 2. The van der Waals surface area contributed by atoms with Crippen molar-refractivity contribution >= 4 is 28.7 Å². The number of amides is 2. The third-order valence-electron chi connectivity index (χ3n) is 4.18. The first-order valence-electron chi connectivity index (χ1n) is 8.60. The summed E-state index contributed by atoms with van der Waals surface area (Å²) in [5.41, 5.74) is 5.99. The van der Waals surface area contributed by atoms with Gasteiger partial charge in [-0.25, -0.2) is 0 Å². The number of nitrogens with one attached hydrogen (secondary N) is 2. The van der Waals surface area contributed by atoms with Gasteiger partial charge >= 0.3 is 0 Å². The second-order valence-corrected chi connectivity index (χ2v) is 5.91. The zero-order valence-electron chi connectivity index (χ0n) is 15.6. The van der Waals surface area contributed by atoms with Gasteiger partial charge in [0.2, 0.25) is 0 Å². The van der Waals surface area contributed by atoms with Gasteiger partial charge in [0.1, 0.15) is 0 Å². The summed E-state index contributed by atoms with van der Waals surface area (Å²) < 4.78 is 10.3. The molecule has 0 atom stereocenters. The van der Waals surface area contributed by atoms with Gasteiger partial charge in [-0.1, -0.05) is 42.5 Å². The summed E-state index contributed by atoms with van der Waals surface area (Å²) in [6.07, 6.45) is 3.08. The molecular weight excluding hydrogens is 356 g/mol. The highest BCUT2D eigenvalue weighted by Gasteiger charge is 2.11. The van der Waals surface area contributed by atoms with Crippen LogP contribution in [0.5, 0.6) is 11.5 Å². The lowest BCUT2D eigenvalue weighted by Gasteiger charge is -2.10. The largest absolute Gasteiger partial charge is 0.493 e. The molecule has 0 aliphatic carbocycles. The van der Waals surface area contributed by atoms with Crippen LogP contribution in [0.25, 0.3) is 16.8 Å². The highest BCUT2D eigenvalue weighted by Crippen LogP contribution is 2.27. The van der Waals surface area contributed by atoms with Crippen molar-refractivity contribution in [1.29, 1.82) is 0 Å². The molecule has 0 spiro atoms. The third-order valence-corrected chi connectivity index (χ3v) is 4.18. The first-order chi connectivity index (χ1) is 13.6. The average Bonchev–Trinajstić information content (AvgIpc) is 2.75. The predicted molar refractivity (Wildman–Crippen MR) is 108 cm³/mol. The van der Waals surface area contributed by atoms with Crippen LogP contribution < -0.4 is 20.3 Å². The molecule has 3 rings (SSSR count). The van der Waals surface area contributed by atoms with Crippen molar-refractivity contribution < 1.29 is 19.1 Å². The number of carbonyl (C=O) groups excluding carboxylic acids is 2. The molecule has 142 valence electrons. The lowest BCUT2D eigenvalue weighted by Crippen LogP contribution is -2.40. The molecule has 0 saturated carbocycles. The van der Waals surface area contributed by atoms with Crippen LogP contribution >= 0.6 is 0 Å². The van der Waals surface area contributed by atoms with Crippen LogP contribution in [0.1, 0.15) is 15.9 Å². The van der Waals surface area contributed by atoms with Crippen molar-refractivity contribution in [3.05, 3.63) is 77.9 Å². The molecule has 2 amide bonds. The molecular formula is C22H20N2O4. The van der Waals surface area contributed by atoms with E-state index in [0.29, 0.717) is 17.1 Å². The van der Waals surface area contributed by atoms with Crippen LogP contribution in [-0.2, 0) is 4.79 Å². The van der Waals surface area contributed by atoms with E-state index in [0.717, 1.165) is 16.3 Å². The quantitative estimate of drug-likeness (QED) is 0.529. The van der Waals surface area contributed by atoms with Crippen LogP contribution in [0.4, 0.5) is 0 Å². The number of rotatable bonds is 5. The fraction of sp³-hybridized carbons (Fsp3) is 0.0909. The molecule has 6 nitrogen and oxygen atoms in total. The molecule has 0 aliphatic heterocycles. The molecule has 0 aliphatic rings. The first kappa shape index (κ1) is 19.0. The smallest absolute Gasteiger partial charge is 0.269 e. The van der Waals surface area contributed by atoms with Crippen LogP contribution in [0, 0.1) is 0 Å². The Morgan fingerprint density at radius 1 is 0.857 bits per heavy atom. The second-order valence-electron chi connectivity index (χ2n) is 5.91. The van der Waals surface area contributed by atoms with Gasteiger partial charge in [0, 0.05) is 11.6 Å². The van der Waals surface area contributed by atoms with E-state index in [4.69, 9.17) is 9.47 Å². The molecule has 28 heavy (non-hydrogen) atoms. The predicted octanol–water partition coefficient (Wildman–Crippen LogP) is 3.33. The molecule has 3 aromatic carbocycles. The van der Waals surface area contributed by atoms with E-state index in [-0.39, 0.29) is 0 Å². The molecule has 0 bridgehead atoms. The summed E-state index contributed by atoms with van der Waals surface area (Å²) in [4.78, 5) is 24.3. The minimum Gasteiger partial charge on any atom is -0.493 e. The molecule has 0 saturated heterocycles. The van der Waals surface area contributed by atoms with Crippen LogP contribution in [-0.4, -0.2) is 26.0 Å². The van der Waals surface area contributed by atoms with E-state index in [9.17, 15) is 9.59 Å². The summed E-state index contributed by atoms with van der Waals surface area (Å²) >= 11 is 0. The Morgan fingerprint density at radius 3 is 2.39 bits per heavy atom. The van der Waals surface area contributed by atoms with Gasteiger partial charge in [-0.2, -0.15) is 0 Å². The Balaban J connectivity index is 1.64. The number of methoxy groups -OCH3 is 2. The Kier molecular flexibility index (Phi) is 5.91. The zero-order chi connectivity index (χ0) is 19.9. The maximum absolute atomic E-state index is 12.2. The lowest BCUT2D eigenvalue weighted by molar-refractivity contribution is -0.117. The SMILES string of the molecule is COc1ccc(C(=O)NNC(=O)/C=C/c2cccc3ccccc23)cc1OC. The summed E-state index contributed by atoms with van der Waals surface area (Å²) in [7, 11) is 3.00. The van der Waals surface area contributed by atoms with Gasteiger partial charge in [0.05, 0.1) is 14.2 Å². The third kappa shape index (κ3) is 4.29. The number of fused-ring (bicyclic) bond motifs is 1. The molecule has 0 radical (unpaired) electrons. The van der Waals surface area contributed by atoms with Gasteiger partial charge in [0.15, 0.2) is 11.5 Å². The Morgan fingerprint density at radius 2 is 1.61 bits per heavy atom. The highest BCUT2D eigenvalue weighted by atomic mass is 16.5. The van der Waals surface area contributed by atoms with Gasteiger partial charge < -0.3 is 9.47 Å². The number of ether oxygens (including phenoxy) is 2. The zero-order valence-corrected chi connectivity index (χ0v) is 15.6. The molecule has 0 heterocycles. The monoisotopic (exact) mass is 376 g/mol. The minimum absolute atomic E-state index is 0.330. The summed E-state index contributed by atoms with van der Waals surface area (Å²) in [5.74, 6) is 0.0352. The number of hydrogen-bond acceptors (Lipinski definition) is 4. The average molecular weight is 376 g/mol.